The molecule has 0 aromatic rings. The Morgan fingerprint density at radius 1 is 1.41 bits per heavy atom. The third kappa shape index (κ3) is 5.42. The van der Waals surface area contributed by atoms with Crippen molar-refractivity contribution in [1.82, 2.24) is 10.2 Å². The molecular weight excluding hydrogens is 220 g/mol. The number of amides is 2. The topological polar surface area (TPSA) is 69.6 Å². The number of nitrogens with zero attached hydrogens (tertiary/aromatic N) is 1. The highest BCUT2D eigenvalue weighted by molar-refractivity contribution is 5.83. The second-order valence-electron chi connectivity index (χ2n) is 3.23. The Morgan fingerprint density at radius 2 is 1.94 bits per heavy atom. The van der Waals surface area contributed by atoms with Gasteiger partial charge in [-0.2, -0.15) is 0 Å². The SMILES string of the molecule is C#CCC(NC(=O)N(CC=C)CC=C)C(=O)O. The van der Waals surface area contributed by atoms with E-state index in [9.17, 15) is 9.59 Å². The highest BCUT2D eigenvalue weighted by Gasteiger charge is 2.21. The number of carbonyl (C=O) groups excluding carboxylic acids is 1. The lowest BCUT2D eigenvalue weighted by Gasteiger charge is -2.22. The van der Waals surface area contributed by atoms with Crippen molar-refractivity contribution in [3.05, 3.63) is 25.3 Å². The number of rotatable bonds is 7. The molecule has 0 rings (SSSR count). The lowest BCUT2D eigenvalue weighted by molar-refractivity contribution is -0.139. The van der Waals surface area contributed by atoms with Gasteiger partial charge >= 0.3 is 12.0 Å². The van der Waals surface area contributed by atoms with Crippen LogP contribution in [0.2, 0.25) is 0 Å². The molecule has 0 aliphatic heterocycles. The summed E-state index contributed by atoms with van der Waals surface area (Å²) in [7, 11) is 0. The summed E-state index contributed by atoms with van der Waals surface area (Å²) in [4.78, 5) is 23.9. The van der Waals surface area contributed by atoms with E-state index in [0.717, 1.165) is 0 Å². The minimum atomic E-state index is -1.16. The predicted octanol–water partition coefficient (Wildman–Crippen LogP) is 0.846. The van der Waals surface area contributed by atoms with Crippen LogP contribution in [0, 0.1) is 12.3 Å². The minimum absolute atomic E-state index is 0.0584. The van der Waals surface area contributed by atoms with Crippen LogP contribution in [0.15, 0.2) is 25.3 Å². The van der Waals surface area contributed by atoms with Gasteiger partial charge in [0.05, 0.1) is 0 Å². The normalized spacial score (nSPS) is 10.8. The van der Waals surface area contributed by atoms with Crippen molar-refractivity contribution in [2.75, 3.05) is 13.1 Å². The first-order chi connectivity index (χ1) is 8.06. The predicted molar refractivity (Wildman–Crippen MR) is 65.4 cm³/mol. The van der Waals surface area contributed by atoms with Gasteiger partial charge in [-0.15, -0.1) is 25.5 Å². The zero-order valence-corrected chi connectivity index (χ0v) is 9.56. The van der Waals surface area contributed by atoms with E-state index in [-0.39, 0.29) is 6.42 Å². The van der Waals surface area contributed by atoms with Gasteiger partial charge in [0.15, 0.2) is 0 Å². The van der Waals surface area contributed by atoms with Gasteiger partial charge in [-0.25, -0.2) is 9.59 Å². The van der Waals surface area contributed by atoms with Crippen LogP contribution < -0.4 is 5.32 Å². The number of nitrogens with one attached hydrogen (secondary N) is 1. The van der Waals surface area contributed by atoms with Gasteiger partial charge in [0.1, 0.15) is 6.04 Å². The fourth-order valence-corrected chi connectivity index (χ4v) is 1.11. The maximum atomic E-state index is 11.7. The number of carboxylic acids is 1. The molecule has 1 unspecified atom stereocenters. The summed E-state index contributed by atoms with van der Waals surface area (Å²) in [5, 5.41) is 11.2. The smallest absolute Gasteiger partial charge is 0.327 e. The molecule has 0 aliphatic rings. The first kappa shape index (κ1) is 14.8. The molecule has 92 valence electrons. The van der Waals surface area contributed by atoms with E-state index >= 15 is 0 Å². The van der Waals surface area contributed by atoms with E-state index in [4.69, 9.17) is 11.5 Å². The average molecular weight is 236 g/mol. The molecule has 17 heavy (non-hydrogen) atoms. The maximum Gasteiger partial charge on any atom is 0.327 e. The van der Waals surface area contributed by atoms with Crippen LogP contribution in [-0.4, -0.2) is 41.1 Å². The van der Waals surface area contributed by atoms with Crippen molar-refractivity contribution in [2.45, 2.75) is 12.5 Å². The molecule has 5 nitrogen and oxygen atoms in total. The number of carbonyl (C=O) groups is 2. The van der Waals surface area contributed by atoms with Crippen molar-refractivity contribution in [2.24, 2.45) is 0 Å². The molecular formula is C12H16N2O3. The standard InChI is InChI=1S/C12H16N2O3/c1-4-7-10(11(15)16)13-12(17)14(8-5-2)9-6-3/h1,5-6,10H,2-3,7-9H2,(H,13,17)(H,15,16). The largest absolute Gasteiger partial charge is 0.480 e. The second kappa shape index (κ2) is 7.99. The molecule has 0 heterocycles. The molecule has 2 N–H and O–H groups in total. The summed E-state index contributed by atoms with van der Waals surface area (Å²) < 4.78 is 0. The van der Waals surface area contributed by atoms with Crippen LogP contribution in [0.3, 0.4) is 0 Å². The number of hydrogen-bond donors (Lipinski definition) is 2. The van der Waals surface area contributed by atoms with Crippen molar-refractivity contribution >= 4 is 12.0 Å². The minimum Gasteiger partial charge on any atom is -0.480 e. The number of hydrogen-bond acceptors (Lipinski definition) is 2. The van der Waals surface area contributed by atoms with E-state index in [1.165, 1.54) is 4.90 Å². The van der Waals surface area contributed by atoms with E-state index in [1.807, 2.05) is 0 Å². The Kier molecular flexibility index (Phi) is 6.95. The Hall–Kier alpha value is -2.22. The molecule has 1 atom stereocenters. The van der Waals surface area contributed by atoms with Gasteiger partial charge < -0.3 is 15.3 Å². The van der Waals surface area contributed by atoms with Gasteiger partial charge in [-0.05, 0) is 0 Å². The molecule has 0 aromatic carbocycles. The zero-order chi connectivity index (χ0) is 13.3. The first-order valence-electron chi connectivity index (χ1n) is 5.00. The van der Waals surface area contributed by atoms with Crippen molar-refractivity contribution in [3.63, 3.8) is 0 Å². The number of terminal acetylenes is 1. The van der Waals surface area contributed by atoms with Crippen LogP contribution >= 0.6 is 0 Å². The molecule has 0 radical (unpaired) electrons. The average Bonchev–Trinajstić information content (AvgIpc) is 2.28. The second-order valence-corrected chi connectivity index (χ2v) is 3.23. The van der Waals surface area contributed by atoms with Crippen LogP contribution in [-0.2, 0) is 4.79 Å². The highest BCUT2D eigenvalue weighted by Crippen LogP contribution is 1.96. The van der Waals surface area contributed by atoms with Crippen molar-refractivity contribution < 1.29 is 14.7 Å². The molecule has 0 saturated heterocycles. The fourth-order valence-electron chi connectivity index (χ4n) is 1.11. The summed E-state index contributed by atoms with van der Waals surface area (Å²) >= 11 is 0. The van der Waals surface area contributed by atoms with Gasteiger partial charge in [0.25, 0.3) is 0 Å². The molecule has 0 aromatic heterocycles. The number of aliphatic carboxylic acids is 1. The Labute approximate surface area is 101 Å². The summed E-state index contributed by atoms with van der Waals surface area (Å²) in [6.45, 7) is 7.63. The van der Waals surface area contributed by atoms with Crippen LogP contribution in [0.4, 0.5) is 4.79 Å². The van der Waals surface area contributed by atoms with Gasteiger partial charge in [0.2, 0.25) is 0 Å². The number of carboxylic acid groups (broad SMARTS) is 1. The highest BCUT2D eigenvalue weighted by atomic mass is 16.4. The van der Waals surface area contributed by atoms with E-state index in [1.54, 1.807) is 12.2 Å². The zero-order valence-electron chi connectivity index (χ0n) is 9.56. The molecule has 5 heteroatoms. The van der Waals surface area contributed by atoms with Gasteiger partial charge in [0, 0.05) is 19.5 Å². The van der Waals surface area contributed by atoms with Crippen LogP contribution in [0.5, 0.6) is 0 Å². The Morgan fingerprint density at radius 3 is 2.29 bits per heavy atom. The van der Waals surface area contributed by atoms with Crippen molar-refractivity contribution in [3.8, 4) is 12.3 Å². The third-order valence-electron chi connectivity index (χ3n) is 1.90. The van der Waals surface area contributed by atoms with E-state index in [2.05, 4.69) is 24.4 Å². The molecule has 2 amide bonds. The monoisotopic (exact) mass is 236 g/mol. The van der Waals surface area contributed by atoms with E-state index < -0.39 is 18.0 Å². The van der Waals surface area contributed by atoms with Crippen LogP contribution in [0.25, 0.3) is 0 Å². The third-order valence-corrected chi connectivity index (χ3v) is 1.90. The van der Waals surface area contributed by atoms with Gasteiger partial charge in [-0.1, -0.05) is 12.2 Å². The quantitative estimate of drug-likeness (QED) is 0.508. The summed E-state index contributed by atoms with van der Waals surface area (Å²) in [5.74, 6) is 1.04. The molecule has 0 fully saturated rings. The Balaban J connectivity index is 4.55. The fraction of sp³-hybridized carbons (Fsp3) is 0.333. The molecule has 0 bridgehead atoms. The molecule has 0 spiro atoms. The lowest BCUT2D eigenvalue weighted by Crippen LogP contribution is -2.47. The van der Waals surface area contributed by atoms with Crippen LogP contribution in [0.1, 0.15) is 6.42 Å². The summed E-state index contributed by atoms with van der Waals surface area (Å²) in [5.41, 5.74) is 0. The molecule has 0 saturated carbocycles. The number of urea groups is 1. The van der Waals surface area contributed by atoms with E-state index in [0.29, 0.717) is 13.1 Å². The maximum absolute atomic E-state index is 11.7. The van der Waals surface area contributed by atoms with Gasteiger partial charge in [-0.3, -0.25) is 0 Å². The Bertz CT molecular complexity index is 334. The summed E-state index contributed by atoms with van der Waals surface area (Å²) in [6.07, 6.45) is 8.05. The summed E-state index contributed by atoms with van der Waals surface area (Å²) in [6, 6.07) is -1.59. The molecule has 0 aliphatic carbocycles. The van der Waals surface area contributed by atoms with Crippen molar-refractivity contribution in [1.29, 1.82) is 0 Å². The first-order valence-corrected chi connectivity index (χ1v) is 5.00. The lowest BCUT2D eigenvalue weighted by atomic mass is 10.2.